The van der Waals surface area contributed by atoms with Crippen LogP contribution in [0, 0.1) is 0 Å². The summed E-state index contributed by atoms with van der Waals surface area (Å²) in [7, 11) is 0. The van der Waals surface area contributed by atoms with Gasteiger partial charge in [-0.25, -0.2) is 4.98 Å². The summed E-state index contributed by atoms with van der Waals surface area (Å²) in [4.78, 5) is 12.1. The molecule has 0 saturated carbocycles. The first-order valence-corrected chi connectivity index (χ1v) is 10.2. The molecule has 1 saturated heterocycles. The second-order valence-corrected chi connectivity index (χ2v) is 7.45. The lowest BCUT2D eigenvalue weighted by atomic mass is 10.1. The Morgan fingerprint density at radius 2 is 1.88 bits per heavy atom. The van der Waals surface area contributed by atoms with Crippen LogP contribution in [0.15, 0.2) is 42.6 Å². The average Bonchev–Trinajstić information content (AvgIpc) is 2.79. The highest BCUT2D eigenvalue weighted by atomic mass is 19.4. The van der Waals surface area contributed by atoms with E-state index >= 15 is 0 Å². The van der Waals surface area contributed by atoms with Gasteiger partial charge in [0, 0.05) is 24.8 Å². The summed E-state index contributed by atoms with van der Waals surface area (Å²) >= 11 is 0. The lowest BCUT2D eigenvalue weighted by Gasteiger charge is -2.27. The van der Waals surface area contributed by atoms with E-state index in [2.05, 4.69) is 20.3 Å². The fraction of sp³-hybridized carbons (Fsp3) is 0.318. The zero-order valence-corrected chi connectivity index (χ0v) is 17.5. The van der Waals surface area contributed by atoms with Crippen LogP contribution in [0.25, 0.3) is 11.3 Å². The van der Waals surface area contributed by atoms with Gasteiger partial charge in [0.05, 0.1) is 31.2 Å². The van der Waals surface area contributed by atoms with Crippen LogP contribution >= 0.6 is 0 Å². The maximum absolute atomic E-state index is 13.2. The predicted molar refractivity (Wildman–Crippen MR) is 113 cm³/mol. The van der Waals surface area contributed by atoms with E-state index in [1.54, 1.807) is 6.07 Å². The fourth-order valence-electron chi connectivity index (χ4n) is 3.15. The number of nitrogens with zero attached hydrogens (tertiary/aromatic N) is 3. The molecule has 0 radical (unpaired) electrons. The van der Waals surface area contributed by atoms with Crippen LogP contribution in [0.3, 0.4) is 0 Å². The Morgan fingerprint density at radius 1 is 1.12 bits per heavy atom. The van der Waals surface area contributed by atoms with Gasteiger partial charge in [0.2, 0.25) is 11.8 Å². The second-order valence-electron chi connectivity index (χ2n) is 7.45. The van der Waals surface area contributed by atoms with Crippen molar-refractivity contribution in [2.24, 2.45) is 5.73 Å². The van der Waals surface area contributed by atoms with Crippen LogP contribution in [0.5, 0.6) is 5.88 Å². The molecule has 0 spiro atoms. The minimum Gasteiger partial charge on any atom is -0.469 e. The van der Waals surface area contributed by atoms with Crippen molar-refractivity contribution in [2.75, 3.05) is 18.5 Å². The summed E-state index contributed by atoms with van der Waals surface area (Å²) in [6, 6.07) is 11.0. The summed E-state index contributed by atoms with van der Waals surface area (Å²) in [6.07, 6.45) is -4.37. The highest BCUT2D eigenvalue weighted by Gasteiger charge is 2.37. The molecule has 4 rings (SSSR count). The van der Waals surface area contributed by atoms with Crippen LogP contribution in [0.1, 0.15) is 22.4 Å². The molecular formula is C22H22F3N5O3. The molecule has 33 heavy (non-hydrogen) atoms. The van der Waals surface area contributed by atoms with E-state index in [4.69, 9.17) is 15.2 Å². The Labute approximate surface area is 187 Å². The molecule has 1 aromatic carbocycles. The SMILES string of the molecule is NCc1cc(CO)nc(-c2ccc(CNc3ncc(C(F)(F)F)c(OC4COC4)n3)cc2)c1. The number of pyridine rings is 1. The number of ether oxygens (including phenoxy) is 2. The number of rotatable bonds is 8. The second kappa shape index (κ2) is 9.69. The summed E-state index contributed by atoms with van der Waals surface area (Å²) < 4.78 is 50.0. The van der Waals surface area contributed by atoms with Gasteiger partial charge in [-0.05, 0) is 23.3 Å². The third-order valence-corrected chi connectivity index (χ3v) is 4.98. The van der Waals surface area contributed by atoms with Crippen LogP contribution in [-0.4, -0.2) is 39.4 Å². The molecule has 4 N–H and O–H groups in total. The smallest absolute Gasteiger partial charge is 0.423 e. The van der Waals surface area contributed by atoms with E-state index in [0.29, 0.717) is 24.1 Å². The van der Waals surface area contributed by atoms with Crippen molar-refractivity contribution in [3.8, 4) is 17.1 Å². The van der Waals surface area contributed by atoms with Gasteiger partial charge in [0.15, 0.2) is 0 Å². The van der Waals surface area contributed by atoms with Gasteiger partial charge in [-0.1, -0.05) is 24.3 Å². The molecule has 0 bridgehead atoms. The van der Waals surface area contributed by atoms with Crippen molar-refractivity contribution in [1.29, 1.82) is 0 Å². The molecular weight excluding hydrogens is 439 g/mol. The van der Waals surface area contributed by atoms with E-state index < -0.39 is 23.7 Å². The quantitative estimate of drug-likeness (QED) is 0.469. The van der Waals surface area contributed by atoms with E-state index in [9.17, 15) is 18.3 Å². The standard InChI is InChI=1S/C22H22F3N5O3/c23-22(24,25)18-9-28-21(30-20(18)33-17-11-32-12-17)27-8-13-1-3-15(4-2-13)19-6-14(7-26)5-16(10-31)29-19/h1-6,9,17,31H,7-8,10-12,26H2,(H,27,28,30). The van der Waals surface area contributed by atoms with Crippen LogP contribution < -0.4 is 15.8 Å². The van der Waals surface area contributed by atoms with Crippen LogP contribution in [0.2, 0.25) is 0 Å². The van der Waals surface area contributed by atoms with Crippen molar-refractivity contribution >= 4 is 5.95 Å². The number of aliphatic hydroxyl groups excluding tert-OH is 1. The van der Waals surface area contributed by atoms with Crippen LogP contribution in [0.4, 0.5) is 19.1 Å². The number of nitrogens with two attached hydrogens (primary N) is 1. The summed E-state index contributed by atoms with van der Waals surface area (Å²) in [5.41, 5.74) is 8.46. The molecule has 8 nitrogen and oxygen atoms in total. The first kappa shape index (κ1) is 22.9. The first-order chi connectivity index (χ1) is 15.9. The molecule has 11 heteroatoms. The maximum atomic E-state index is 13.2. The molecule has 0 aliphatic carbocycles. The Hall–Kier alpha value is -3.28. The number of hydrogen-bond donors (Lipinski definition) is 3. The van der Waals surface area contributed by atoms with E-state index in [1.807, 2.05) is 30.3 Å². The Morgan fingerprint density at radius 3 is 2.48 bits per heavy atom. The van der Waals surface area contributed by atoms with Crippen molar-refractivity contribution in [2.45, 2.75) is 32.0 Å². The molecule has 2 aromatic heterocycles. The number of aliphatic hydroxyl groups is 1. The maximum Gasteiger partial charge on any atom is 0.423 e. The molecule has 0 unspecified atom stereocenters. The monoisotopic (exact) mass is 461 g/mol. The first-order valence-electron chi connectivity index (χ1n) is 10.2. The Bertz CT molecular complexity index is 1080. The van der Waals surface area contributed by atoms with Crippen molar-refractivity contribution in [1.82, 2.24) is 15.0 Å². The zero-order chi connectivity index (χ0) is 23.4. The summed E-state index contributed by atoms with van der Waals surface area (Å²) in [5, 5.41) is 12.3. The molecule has 3 aromatic rings. The average molecular weight is 461 g/mol. The molecule has 1 aliphatic heterocycles. The van der Waals surface area contributed by atoms with Gasteiger partial charge in [0.1, 0.15) is 11.7 Å². The van der Waals surface area contributed by atoms with Gasteiger partial charge in [-0.15, -0.1) is 0 Å². The molecule has 1 aliphatic rings. The highest BCUT2D eigenvalue weighted by Crippen LogP contribution is 2.36. The molecule has 174 valence electrons. The minimum absolute atomic E-state index is 0.0206. The van der Waals surface area contributed by atoms with Crippen molar-refractivity contribution < 1.29 is 27.8 Å². The van der Waals surface area contributed by atoms with Crippen LogP contribution in [-0.2, 0) is 30.6 Å². The minimum atomic E-state index is -4.63. The van der Waals surface area contributed by atoms with Gasteiger partial charge in [-0.2, -0.15) is 18.2 Å². The summed E-state index contributed by atoms with van der Waals surface area (Å²) in [5.74, 6) is -0.499. The van der Waals surface area contributed by atoms with Crippen molar-refractivity contribution in [3.05, 3.63) is 65.0 Å². The third kappa shape index (κ3) is 5.56. The number of halogens is 3. The Balaban J connectivity index is 1.46. The number of aromatic nitrogens is 3. The zero-order valence-electron chi connectivity index (χ0n) is 17.5. The normalized spacial score (nSPS) is 14.1. The predicted octanol–water partition coefficient (Wildman–Crippen LogP) is 2.90. The van der Waals surface area contributed by atoms with Gasteiger partial charge in [0.25, 0.3) is 0 Å². The largest absolute Gasteiger partial charge is 0.469 e. The van der Waals surface area contributed by atoms with Gasteiger partial charge in [-0.3, -0.25) is 4.98 Å². The van der Waals surface area contributed by atoms with E-state index in [-0.39, 0.29) is 32.3 Å². The van der Waals surface area contributed by atoms with E-state index in [1.165, 1.54) is 0 Å². The van der Waals surface area contributed by atoms with Gasteiger partial charge < -0.3 is 25.6 Å². The number of alkyl halides is 3. The Kier molecular flexibility index (Phi) is 6.72. The number of anilines is 1. The number of hydrogen-bond acceptors (Lipinski definition) is 8. The molecule has 0 atom stereocenters. The third-order valence-electron chi connectivity index (χ3n) is 4.98. The van der Waals surface area contributed by atoms with E-state index in [0.717, 1.165) is 16.7 Å². The number of benzene rings is 1. The topological polar surface area (TPSA) is 115 Å². The molecule has 0 amide bonds. The van der Waals surface area contributed by atoms with Gasteiger partial charge >= 0.3 is 6.18 Å². The van der Waals surface area contributed by atoms with Crippen molar-refractivity contribution in [3.63, 3.8) is 0 Å². The lowest BCUT2D eigenvalue weighted by molar-refractivity contribution is -0.142. The number of nitrogens with one attached hydrogen (secondary N) is 1. The lowest BCUT2D eigenvalue weighted by Crippen LogP contribution is -2.39. The molecule has 3 heterocycles. The summed E-state index contributed by atoms with van der Waals surface area (Å²) in [6.45, 7) is 0.876. The fourth-order valence-corrected chi connectivity index (χ4v) is 3.15. The highest BCUT2D eigenvalue weighted by molar-refractivity contribution is 5.60. The molecule has 1 fully saturated rings.